The second-order valence-electron chi connectivity index (χ2n) is 1.93. The summed E-state index contributed by atoms with van der Waals surface area (Å²) in [5, 5.41) is 0. The third kappa shape index (κ3) is 7.41. The van der Waals surface area contributed by atoms with E-state index in [1.165, 1.54) is 12.8 Å². The minimum absolute atomic E-state index is 1.16. The molecule has 0 aromatic heterocycles. The van der Waals surface area contributed by atoms with E-state index in [9.17, 15) is 0 Å². The second kappa shape index (κ2) is 7.41. The van der Waals surface area contributed by atoms with Crippen LogP contribution in [0.2, 0.25) is 0 Å². The molecule has 52 valence electrons. The van der Waals surface area contributed by atoms with Crippen LogP contribution < -0.4 is 0 Å². The average Bonchev–Trinajstić information content (AvgIpc) is 1.89. The number of allylic oxidation sites excluding steroid dienone is 1. The molecule has 0 heterocycles. The fraction of sp³-hybridized carbons (Fsp3) is 0.625. The Hall–Kier alpha value is -0.590. The van der Waals surface area contributed by atoms with Crippen molar-refractivity contribution >= 4 is 6.21 Å². The molecule has 0 saturated heterocycles. The lowest BCUT2D eigenvalue weighted by Crippen LogP contribution is -1.65. The van der Waals surface area contributed by atoms with Crippen molar-refractivity contribution in [1.29, 1.82) is 0 Å². The van der Waals surface area contributed by atoms with E-state index >= 15 is 0 Å². The molecular formula is C8H15N. The Labute approximate surface area is 57.5 Å². The molecule has 0 aromatic rings. The lowest BCUT2D eigenvalue weighted by molar-refractivity contribution is 0.814. The zero-order valence-corrected chi connectivity index (χ0v) is 6.30. The molecule has 0 amide bonds. The number of rotatable bonds is 4. The fourth-order valence-electron chi connectivity index (χ4n) is 0.543. The molecule has 0 aliphatic rings. The van der Waals surface area contributed by atoms with Crippen LogP contribution in [0.5, 0.6) is 0 Å². The van der Waals surface area contributed by atoms with E-state index in [4.69, 9.17) is 0 Å². The summed E-state index contributed by atoms with van der Waals surface area (Å²) in [7, 11) is 0. The van der Waals surface area contributed by atoms with Crippen molar-refractivity contribution in [1.82, 2.24) is 0 Å². The molecule has 9 heavy (non-hydrogen) atoms. The summed E-state index contributed by atoms with van der Waals surface area (Å²) in [5.41, 5.74) is 0. The number of nitrogens with zero attached hydrogens (tertiary/aromatic N) is 1. The van der Waals surface area contributed by atoms with Crippen LogP contribution in [0.25, 0.3) is 0 Å². The van der Waals surface area contributed by atoms with Gasteiger partial charge in [-0.25, -0.2) is 0 Å². The monoisotopic (exact) mass is 125 g/mol. The third-order valence-electron chi connectivity index (χ3n) is 1.06. The van der Waals surface area contributed by atoms with Crippen LogP contribution in [0.3, 0.4) is 0 Å². The Kier molecular flexibility index (Phi) is 6.92. The summed E-state index contributed by atoms with van der Waals surface area (Å²) in [6.45, 7) is 4.11. The highest BCUT2D eigenvalue weighted by molar-refractivity contribution is 5.54. The van der Waals surface area contributed by atoms with E-state index in [0.29, 0.717) is 0 Å². The summed E-state index contributed by atoms with van der Waals surface area (Å²) < 4.78 is 0. The number of hydrogen-bond acceptors (Lipinski definition) is 1. The van der Waals surface area contributed by atoms with Gasteiger partial charge < -0.3 is 0 Å². The molecule has 0 radical (unpaired) electrons. The Morgan fingerprint density at radius 2 is 2.22 bits per heavy atom. The van der Waals surface area contributed by atoms with Gasteiger partial charge in [0, 0.05) is 12.4 Å². The summed E-state index contributed by atoms with van der Waals surface area (Å²) in [6.07, 6.45) is 9.45. The van der Waals surface area contributed by atoms with E-state index in [0.717, 1.165) is 6.42 Å². The van der Waals surface area contributed by atoms with Gasteiger partial charge in [-0.05, 0) is 13.3 Å². The molecule has 0 aliphatic heterocycles. The molecule has 0 spiro atoms. The first-order valence-corrected chi connectivity index (χ1v) is 3.54. The van der Waals surface area contributed by atoms with Gasteiger partial charge in [0.25, 0.3) is 0 Å². The van der Waals surface area contributed by atoms with Gasteiger partial charge in [-0.1, -0.05) is 25.8 Å². The van der Waals surface area contributed by atoms with Gasteiger partial charge in [-0.2, -0.15) is 0 Å². The van der Waals surface area contributed by atoms with Crippen LogP contribution in [0.4, 0.5) is 0 Å². The molecule has 0 aromatic carbocycles. The van der Waals surface area contributed by atoms with Gasteiger partial charge in [-0.3, -0.25) is 4.99 Å². The van der Waals surface area contributed by atoms with E-state index in [2.05, 4.69) is 18.0 Å². The third-order valence-corrected chi connectivity index (χ3v) is 1.06. The predicted octanol–water partition coefficient (Wildman–Crippen LogP) is 2.78. The highest BCUT2D eigenvalue weighted by Gasteiger charge is 1.74. The summed E-state index contributed by atoms with van der Waals surface area (Å²) >= 11 is 0. The molecule has 1 nitrogen and oxygen atoms in total. The van der Waals surface area contributed by atoms with E-state index in [1.54, 1.807) is 6.21 Å². The quantitative estimate of drug-likeness (QED) is 0.404. The van der Waals surface area contributed by atoms with Gasteiger partial charge in [0.2, 0.25) is 0 Å². The van der Waals surface area contributed by atoms with Gasteiger partial charge >= 0.3 is 0 Å². The Balaban J connectivity index is 3.04. The zero-order valence-electron chi connectivity index (χ0n) is 6.30. The predicted molar refractivity (Wildman–Crippen MR) is 42.8 cm³/mol. The molecule has 0 rings (SSSR count). The first kappa shape index (κ1) is 8.41. The lowest BCUT2D eigenvalue weighted by Gasteiger charge is -1.84. The normalized spacial score (nSPS) is 11.8. The van der Waals surface area contributed by atoms with Crippen LogP contribution in [0, 0.1) is 0 Å². The van der Waals surface area contributed by atoms with Crippen LogP contribution in [-0.4, -0.2) is 6.21 Å². The summed E-state index contributed by atoms with van der Waals surface area (Å²) in [6, 6.07) is 0. The lowest BCUT2D eigenvalue weighted by atomic mass is 10.2. The molecule has 1 heteroatoms. The second-order valence-corrected chi connectivity index (χ2v) is 1.93. The van der Waals surface area contributed by atoms with Crippen molar-refractivity contribution < 1.29 is 0 Å². The van der Waals surface area contributed by atoms with Crippen molar-refractivity contribution in [3.8, 4) is 0 Å². The Morgan fingerprint density at radius 1 is 1.44 bits per heavy atom. The van der Waals surface area contributed by atoms with Crippen molar-refractivity contribution in [2.75, 3.05) is 0 Å². The van der Waals surface area contributed by atoms with Crippen molar-refractivity contribution in [2.45, 2.75) is 33.1 Å². The van der Waals surface area contributed by atoms with Crippen molar-refractivity contribution in [3.05, 3.63) is 12.3 Å². The topological polar surface area (TPSA) is 12.4 Å². The standard InChI is InChI=1S/C8H15N/c1-3-5-6-7-8-9-4-2/h4,7-8H,3,5-6H2,1-2H3. The van der Waals surface area contributed by atoms with E-state index in [1.807, 2.05) is 13.1 Å². The fourth-order valence-corrected chi connectivity index (χ4v) is 0.543. The highest BCUT2D eigenvalue weighted by atomic mass is 14.6. The zero-order chi connectivity index (χ0) is 6.95. The minimum atomic E-state index is 1.16. The molecule has 0 fully saturated rings. The number of unbranched alkanes of at least 4 members (excludes halogenated alkanes) is 2. The minimum Gasteiger partial charge on any atom is -0.270 e. The van der Waals surface area contributed by atoms with Crippen LogP contribution in [0.1, 0.15) is 33.1 Å². The van der Waals surface area contributed by atoms with Crippen LogP contribution in [-0.2, 0) is 0 Å². The van der Waals surface area contributed by atoms with Gasteiger partial charge in [-0.15, -0.1) is 0 Å². The molecule has 0 aliphatic carbocycles. The summed E-state index contributed by atoms with van der Waals surface area (Å²) in [5.74, 6) is 0. The van der Waals surface area contributed by atoms with Crippen LogP contribution in [0.15, 0.2) is 17.3 Å². The van der Waals surface area contributed by atoms with Gasteiger partial charge in [0.1, 0.15) is 0 Å². The molecule has 0 atom stereocenters. The molecule has 0 bridgehead atoms. The van der Waals surface area contributed by atoms with Gasteiger partial charge in [0.05, 0.1) is 0 Å². The molecule has 0 saturated carbocycles. The van der Waals surface area contributed by atoms with Crippen molar-refractivity contribution in [2.24, 2.45) is 4.99 Å². The smallest absolute Gasteiger partial charge is 0.0223 e. The first-order chi connectivity index (χ1) is 4.41. The Bertz CT molecular complexity index is 92.7. The molecule has 0 N–H and O–H groups in total. The molecule has 0 unspecified atom stereocenters. The number of aliphatic imine (C=N–C) groups is 1. The average molecular weight is 125 g/mol. The van der Waals surface area contributed by atoms with Crippen molar-refractivity contribution in [3.63, 3.8) is 0 Å². The highest BCUT2D eigenvalue weighted by Crippen LogP contribution is 1.94. The van der Waals surface area contributed by atoms with Gasteiger partial charge in [0.15, 0.2) is 0 Å². The maximum absolute atomic E-state index is 3.94. The summed E-state index contributed by atoms with van der Waals surface area (Å²) in [4.78, 5) is 3.94. The van der Waals surface area contributed by atoms with Crippen LogP contribution >= 0.6 is 0 Å². The SMILES string of the molecule is CC=NC=CCCCC. The van der Waals surface area contributed by atoms with E-state index < -0.39 is 0 Å². The van der Waals surface area contributed by atoms with E-state index in [-0.39, 0.29) is 0 Å². The maximum atomic E-state index is 3.94. The Morgan fingerprint density at radius 3 is 2.78 bits per heavy atom. The largest absolute Gasteiger partial charge is 0.270 e. The maximum Gasteiger partial charge on any atom is 0.0223 e. The number of hydrogen-bond donors (Lipinski definition) is 0. The first-order valence-electron chi connectivity index (χ1n) is 3.54. The molecular weight excluding hydrogens is 110 g/mol.